The average Bonchev–Trinajstić information content (AvgIpc) is 3.70. The molecule has 11 nitrogen and oxygen atoms in total. The van der Waals surface area contributed by atoms with Crippen molar-refractivity contribution in [2.75, 3.05) is 19.5 Å². The number of methoxy groups -OCH3 is 1. The zero-order valence-corrected chi connectivity index (χ0v) is 22.6. The molecule has 0 saturated heterocycles. The number of aromatic amines is 1. The number of anilines is 1. The number of carbonyl (C=O) groups excluding carboxylic acids is 1. The number of benzene rings is 2. The second-order valence-corrected chi connectivity index (χ2v) is 9.82. The fourth-order valence-corrected chi connectivity index (χ4v) is 5.36. The van der Waals surface area contributed by atoms with Crippen LogP contribution < -0.4 is 14.9 Å². The normalized spacial score (nSPS) is 14.4. The SMILES string of the molecule is COC(=O)Nc1ccc(-c2cnc(C3CCCc4cc(-c5cc(Cl)ccc5-n5cnnn5)c[n+](OC)c43)[nH]2)cc1. The van der Waals surface area contributed by atoms with Crippen molar-refractivity contribution in [3.63, 3.8) is 0 Å². The van der Waals surface area contributed by atoms with E-state index in [0.29, 0.717) is 10.7 Å². The Balaban J connectivity index is 1.35. The zero-order valence-electron chi connectivity index (χ0n) is 21.8. The number of fused-ring (bicyclic) bond motifs is 1. The molecule has 0 fully saturated rings. The lowest BCUT2D eigenvalue weighted by molar-refractivity contribution is -0.891. The fourth-order valence-electron chi connectivity index (χ4n) is 5.19. The van der Waals surface area contributed by atoms with E-state index in [2.05, 4.69) is 36.6 Å². The molecule has 0 bridgehead atoms. The minimum atomic E-state index is -0.510. The lowest BCUT2D eigenvalue weighted by Gasteiger charge is -2.21. The van der Waals surface area contributed by atoms with Gasteiger partial charge in [0.25, 0.3) is 0 Å². The van der Waals surface area contributed by atoms with Crippen LogP contribution in [-0.4, -0.2) is 50.5 Å². The number of ether oxygens (including phenoxy) is 1. The van der Waals surface area contributed by atoms with Crippen molar-refractivity contribution in [2.45, 2.75) is 25.2 Å². The number of halogens is 1. The largest absolute Gasteiger partial charge is 0.453 e. The maximum atomic E-state index is 11.5. The third-order valence-electron chi connectivity index (χ3n) is 7.04. The molecule has 2 aromatic carbocycles. The van der Waals surface area contributed by atoms with Gasteiger partial charge in [0.05, 0.1) is 30.3 Å². The Hall–Kier alpha value is -4.77. The quantitative estimate of drug-likeness (QED) is 0.297. The number of rotatable bonds is 6. The summed E-state index contributed by atoms with van der Waals surface area (Å²) in [6.07, 6.45) is 7.69. The van der Waals surface area contributed by atoms with E-state index >= 15 is 0 Å². The summed E-state index contributed by atoms with van der Waals surface area (Å²) in [4.78, 5) is 25.6. The molecule has 1 amide bonds. The lowest BCUT2D eigenvalue weighted by atomic mass is 9.85. The third-order valence-corrected chi connectivity index (χ3v) is 7.27. The van der Waals surface area contributed by atoms with Crippen molar-refractivity contribution in [1.29, 1.82) is 0 Å². The van der Waals surface area contributed by atoms with Crippen molar-refractivity contribution in [3.8, 4) is 28.1 Å². The second kappa shape index (κ2) is 10.8. The number of pyridine rings is 1. The zero-order chi connectivity index (χ0) is 27.6. The molecule has 40 heavy (non-hydrogen) atoms. The summed E-state index contributed by atoms with van der Waals surface area (Å²) in [7, 11) is 2.99. The van der Waals surface area contributed by atoms with Gasteiger partial charge in [0.1, 0.15) is 25.2 Å². The van der Waals surface area contributed by atoms with E-state index < -0.39 is 6.09 Å². The minimum absolute atomic E-state index is 0.0186. The summed E-state index contributed by atoms with van der Waals surface area (Å²) in [6.45, 7) is 0. The molecule has 1 unspecified atom stereocenters. The van der Waals surface area contributed by atoms with Gasteiger partial charge in [-0.1, -0.05) is 23.7 Å². The van der Waals surface area contributed by atoms with Crippen LogP contribution in [0, 0.1) is 0 Å². The van der Waals surface area contributed by atoms with E-state index in [4.69, 9.17) is 21.4 Å². The number of hydrogen-bond acceptors (Lipinski definition) is 7. The van der Waals surface area contributed by atoms with Crippen molar-refractivity contribution in [1.82, 2.24) is 30.2 Å². The Morgan fingerprint density at radius 2 is 2.00 bits per heavy atom. The first-order chi connectivity index (χ1) is 19.5. The van der Waals surface area contributed by atoms with Gasteiger partial charge in [-0.2, -0.15) is 4.68 Å². The van der Waals surface area contributed by atoms with Crippen LogP contribution in [0.3, 0.4) is 0 Å². The molecule has 0 radical (unpaired) electrons. The Bertz CT molecular complexity index is 1650. The number of H-pyrrole nitrogens is 1. The molecule has 0 aliphatic heterocycles. The summed E-state index contributed by atoms with van der Waals surface area (Å²) in [6, 6.07) is 15.3. The van der Waals surface area contributed by atoms with Gasteiger partial charge in [0, 0.05) is 26.6 Å². The smallest absolute Gasteiger partial charge is 0.411 e. The maximum Gasteiger partial charge on any atom is 0.411 e. The van der Waals surface area contributed by atoms with Crippen LogP contribution in [0.5, 0.6) is 0 Å². The van der Waals surface area contributed by atoms with Crippen LogP contribution in [0.15, 0.2) is 67.3 Å². The number of nitrogens with one attached hydrogen (secondary N) is 2. The molecule has 12 heteroatoms. The topological polar surface area (TPSA) is 124 Å². The molecule has 1 aliphatic carbocycles. The lowest BCUT2D eigenvalue weighted by Crippen LogP contribution is -2.47. The molecule has 0 spiro atoms. The summed E-state index contributed by atoms with van der Waals surface area (Å²) in [5.74, 6) is 0.883. The first kappa shape index (κ1) is 25.5. The Morgan fingerprint density at radius 1 is 1.15 bits per heavy atom. The summed E-state index contributed by atoms with van der Waals surface area (Å²) in [5.41, 5.74) is 7.37. The highest BCUT2D eigenvalue weighted by Crippen LogP contribution is 2.37. The van der Waals surface area contributed by atoms with Crippen LogP contribution >= 0.6 is 11.6 Å². The number of aromatic nitrogens is 7. The van der Waals surface area contributed by atoms with Gasteiger partial charge in [-0.15, -0.1) is 5.10 Å². The third kappa shape index (κ3) is 4.87. The van der Waals surface area contributed by atoms with E-state index in [0.717, 1.165) is 58.9 Å². The van der Waals surface area contributed by atoms with E-state index in [1.807, 2.05) is 59.6 Å². The number of hydrogen-bond donors (Lipinski definition) is 2. The first-order valence-corrected chi connectivity index (χ1v) is 13.1. The van der Waals surface area contributed by atoms with Crippen molar-refractivity contribution in [3.05, 3.63) is 89.4 Å². The van der Waals surface area contributed by atoms with Gasteiger partial charge >= 0.3 is 6.09 Å². The molecule has 1 aliphatic rings. The van der Waals surface area contributed by atoms with Gasteiger partial charge in [-0.3, -0.25) is 10.2 Å². The molecule has 202 valence electrons. The predicted molar refractivity (Wildman–Crippen MR) is 147 cm³/mol. The van der Waals surface area contributed by atoms with Crippen LogP contribution in [0.2, 0.25) is 5.02 Å². The number of imidazole rings is 1. The maximum absolute atomic E-state index is 11.5. The Morgan fingerprint density at radius 3 is 2.75 bits per heavy atom. The van der Waals surface area contributed by atoms with E-state index in [1.165, 1.54) is 12.7 Å². The van der Waals surface area contributed by atoms with Crippen LogP contribution in [0.25, 0.3) is 28.1 Å². The fraction of sp³-hybridized carbons (Fsp3) is 0.214. The summed E-state index contributed by atoms with van der Waals surface area (Å²) < 4.78 is 8.10. The van der Waals surface area contributed by atoms with Gasteiger partial charge in [0.15, 0.2) is 0 Å². The Labute approximate surface area is 234 Å². The molecule has 0 saturated carbocycles. The van der Waals surface area contributed by atoms with Gasteiger partial charge in [-0.05, 0) is 71.7 Å². The van der Waals surface area contributed by atoms with E-state index in [9.17, 15) is 4.79 Å². The molecule has 3 heterocycles. The molecule has 6 rings (SSSR count). The second-order valence-electron chi connectivity index (χ2n) is 9.38. The monoisotopic (exact) mass is 557 g/mol. The Kier molecular flexibility index (Phi) is 6.87. The number of carbonyl (C=O) groups is 1. The first-order valence-electron chi connectivity index (χ1n) is 12.7. The number of aryl methyl sites for hydroxylation is 1. The summed E-state index contributed by atoms with van der Waals surface area (Å²) >= 11 is 6.40. The molecule has 3 aromatic heterocycles. The summed E-state index contributed by atoms with van der Waals surface area (Å²) in [5, 5.41) is 14.9. The number of amides is 1. The van der Waals surface area contributed by atoms with Crippen molar-refractivity contribution >= 4 is 23.4 Å². The predicted octanol–water partition coefficient (Wildman–Crippen LogP) is 4.37. The van der Waals surface area contributed by atoms with Crippen molar-refractivity contribution in [2.24, 2.45) is 0 Å². The van der Waals surface area contributed by atoms with Crippen LogP contribution in [-0.2, 0) is 11.2 Å². The van der Waals surface area contributed by atoms with Crippen LogP contribution in [0.1, 0.15) is 35.8 Å². The van der Waals surface area contributed by atoms with Gasteiger partial charge < -0.3 is 9.72 Å². The standard InChI is InChI=1S/C28H25ClN8O3/c1-39-28(38)32-21-9-6-17(7-10-21)24-14-30-27(33-24)22-5-3-4-18-12-19(15-37(40-2)26(18)22)23-13-20(29)8-11-25(23)36-16-31-34-35-36/h6-16,22H,3-5H2,1-2H3,(H-,30,32,33,34,35,38)/p+1. The molecule has 1 atom stereocenters. The molecular formula is C28H26ClN8O3+. The average molecular weight is 558 g/mol. The molecule has 2 N–H and O–H groups in total. The van der Waals surface area contributed by atoms with Crippen molar-refractivity contribution < 1.29 is 19.1 Å². The molecular weight excluding hydrogens is 532 g/mol. The molecule has 5 aromatic rings. The highest BCUT2D eigenvalue weighted by atomic mass is 35.5. The highest BCUT2D eigenvalue weighted by molar-refractivity contribution is 6.31. The van der Waals surface area contributed by atoms with E-state index in [-0.39, 0.29) is 5.92 Å². The van der Waals surface area contributed by atoms with Gasteiger partial charge in [0.2, 0.25) is 11.9 Å². The minimum Gasteiger partial charge on any atom is -0.453 e. The van der Waals surface area contributed by atoms with E-state index in [1.54, 1.807) is 18.1 Å². The van der Waals surface area contributed by atoms with Crippen LogP contribution in [0.4, 0.5) is 10.5 Å². The highest BCUT2D eigenvalue weighted by Gasteiger charge is 2.35. The van der Waals surface area contributed by atoms with Gasteiger partial charge in [-0.25, -0.2) is 9.78 Å². The number of nitrogens with zero attached hydrogens (tertiary/aromatic N) is 6. The number of tetrazole rings is 1.